The molecule has 29 heavy (non-hydrogen) atoms. The lowest BCUT2D eigenvalue weighted by Gasteiger charge is -2.38. The zero-order chi connectivity index (χ0) is 21.2. The molecule has 0 radical (unpaired) electrons. The van der Waals surface area contributed by atoms with Gasteiger partial charge in [-0.3, -0.25) is 14.9 Å². The first-order chi connectivity index (χ1) is 13.8. The third kappa shape index (κ3) is 4.33. The van der Waals surface area contributed by atoms with Gasteiger partial charge in [-0.25, -0.2) is 4.79 Å². The SMILES string of the molecule is COCC1(CC(C)C(=O)N2CCN(c3cccc(Cl)c3C)CC2)NC(=O)NC1=O. The van der Waals surface area contributed by atoms with Crippen molar-refractivity contribution < 1.29 is 19.1 Å². The number of rotatable bonds is 6. The first-order valence-corrected chi connectivity index (χ1v) is 10.1. The van der Waals surface area contributed by atoms with E-state index in [-0.39, 0.29) is 18.9 Å². The zero-order valence-electron chi connectivity index (χ0n) is 17.0. The maximum absolute atomic E-state index is 13.0. The van der Waals surface area contributed by atoms with E-state index in [1.807, 2.05) is 30.0 Å². The van der Waals surface area contributed by atoms with E-state index in [9.17, 15) is 14.4 Å². The number of urea groups is 1. The minimum atomic E-state index is -1.21. The standard InChI is InChI=1S/C20H27ClN4O4/c1-13(11-20(12-29-3)18(27)22-19(28)23-20)17(26)25-9-7-24(8-10-25)16-6-4-5-15(21)14(16)2/h4-6,13H,7-12H2,1-3H3,(H2,22,23,27,28). The number of amides is 4. The Morgan fingerprint density at radius 2 is 1.97 bits per heavy atom. The minimum absolute atomic E-state index is 0.0179. The lowest BCUT2D eigenvalue weighted by atomic mass is 9.88. The van der Waals surface area contributed by atoms with E-state index >= 15 is 0 Å². The summed E-state index contributed by atoms with van der Waals surface area (Å²) in [5.41, 5.74) is 0.912. The summed E-state index contributed by atoms with van der Waals surface area (Å²) in [6.07, 6.45) is 0.185. The quantitative estimate of drug-likeness (QED) is 0.679. The van der Waals surface area contributed by atoms with E-state index in [1.165, 1.54) is 7.11 Å². The monoisotopic (exact) mass is 422 g/mol. The second-order valence-electron chi connectivity index (χ2n) is 7.72. The number of anilines is 1. The third-order valence-electron chi connectivity index (χ3n) is 5.65. The van der Waals surface area contributed by atoms with E-state index in [1.54, 1.807) is 6.92 Å². The highest BCUT2D eigenvalue weighted by Gasteiger charge is 2.48. The van der Waals surface area contributed by atoms with Gasteiger partial charge >= 0.3 is 6.03 Å². The topological polar surface area (TPSA) is 91.0 Å². The molecule has 8 nitrogen and oxygen atoms in total. The molecule has 1 aromatic rings. The van der Waals surface area contributed by atoms with E-state index < -0.39 is 23.4 Å². The van der Waals surface area contributed by atoms with Crippen molar-refractivity contribution in [1.29, 1.82) is 0 Å². The molecular weight excluding hydrogens is 396 g/mol. The number of benzene rings is 1. The molecule has 2 N–H and O–H groups in total. The fourth-order valence-corrected chi connectivity index (χ4v) is 4.28. The predicted molar refractivity (Wildman–Crippen MR) is 110 cm³/mol. The van der Waals surface area contributed by atoms with Gasteiger partial charge in [0.2, 0.25) is 5.91 Å². The molecule has 158 valence electrons. The van der Waals surface area contributed by atoms with E-state index in [2.05, 4.69) is 15.5 Å². The summed E-state index contributed by atoms with van der Waals surface area (Å²) in [5.74, 6) is -0.920. The average molecular weight is 423 g/mol. The Bertz CT molecular complexity index is 810. The van der Waals surface area contributed by atoms with Crippen LogP contribution in [-0.4, -0.2) is 68.2 Å². The van der Waals surface area contributed by atoms with Crippen LogP contribution in [0, 0.1) is 12.8 Å². The largest absolute Gasteiger partial charge is 0.382 e. The minimum Gasteiger partial charge on any atom is -0.382 e. The average Bonchev–Trinajstić information content (AvgIpc) is 2.96. The fraction of sp³-hybridized carbons (Fsp3) is 0.550. The van der Waals surface area contributed by atoms with Gasteiger partial charge in [0, 0.05) is 49.9 Å². The first-order valence-electron chi connectivity index (χ1n) is 9.69. The van der Waals surface area contributed by atoms with E-state index in [0.717, 1.165) is 16.3 Å². The molecule has 2 heterocycles. The van der Waals surface area contributed by atoms with Crippen LogP contribution in [0.3, 0.4) is 0 Å². The maximum Gasteiger partial charge on any atom is 0.322 e. The lowest BCUT2D eigenvalue weighted by Crippen LogP contribution is -2.55. The van der Waals surface area contributed by atoms with Gasteiger partial charge in [-0.1, -0.05) is 24.6 Å². The van der Waals surface area contributed by atoms with Crippen LogP contribution < -0.4 is 15.5 Å². The Kier molecular flexibility index (Phi) is 6.33. The number of imide groups is 1. The van der Waals surface area contributed by atoms with Crippen molar-refractivity contribution in [3.63, 3.8) is 0 Å². The van der Waals surface area contributed by atoms with Crippen molar-refractivity contribution in [2.24, 2.45) is 5.92 Å². The number of nitrogens with zero attached hydrogens (tertiary/aromatic N) is 2. The molecule has 0 saturated carbocycles. The van der Waals surface area contributed by atoms with Gasteiger partial charge in [-0.05, 0) is 31.0 Å². The first kappa shape index (κ1) is 21.4. The van der Waals surface area contributed by atoms with E-state index in [4.69, 9.17) is 16.3 Å². The molecule has 9 heteroatoms. The molecule has 2 unspecified atom stereocenters. The highest BCUT2D eigenvalue weighted by molar-refractivity contribution is 6.31. The number of nitrogens with one attached hydrogen (secondary N) is 2. The third-order valence-corrected chi connectivity index (χ3v) is 6.06. The smallest absolute Gasteiger partial charge is 0.322 e. The highest BCUT2D eigenvalue weighted by atomic mass is 35.5. The summed E-state index contributed by atoms with van der Waals surface area (Å²) in [6, 6.07) is 5.28. The summed E-state index contributed by atoms with van der Waals surface area (Å²) in [5, 5.41) is 5.60. The number of halogens is 1. The predicted octanol–water partition coefficient (Wildman–Crippen LogP) is 1.55. The molecule has 0 spiro atoms. The molecule has 2 aliphatic heterocycles. The van der Waals surface area contributed by atoms with Gasteiger partial charge in [-0.2, -0.15) is 0 Å². The summed E-state index contributed by atoms with van der Waals surface area (Å²) >= 11 is 6.23. The molecule has 2 aliphatic rings. The molecule has 0 aromatic heterocycles. The number of hydrogen-bond acceptors (Lipinski definition) is 5. The van der Waals surface area contributed by atoms with Gasteiger partial charge in [0.1, 0.15) is 5.54 Å². The molecule has 2 fully saturated rings. The van der Waals surface area contributed by atoms with Crippen LogP contribution in [0.15, 0.2) is 18.2 Å². The van der Waals surface area contributed by atoms with Crippen LogP contribution in [0.4, 0.5) is 10.5 Å². The van der Waals surface area contributed by atoms with Crippen molar-refractivity contribution in [2.75, 3.05) is 44.8 Å². The van der Waals surface area contributed by atoms with Gasteiger partial charge in [-0.15, -0.1) is 0 Å². The Labute approximate surface area is 175 Å². The highest BCUT2D eigenvalue weighted by Crippen LogP contribution is 2.28. The number of carbonyl (C=O) groups is 3. The van der Waals surface area contributed by atoms with Crippen LogP contribution in [-0.2, 0) is 14.3 Å². The number of ether oxygens (including phenoxy) is 1. The molecule has 1 aromatic carbocycles. The number of methoxy groups -OCH3 is 1. The van der Waals surface area contributed by atoms with Crippen molar-refractivity contribution >= 4 is 35.1 Å². The molecule has 3 rings (SSSR count). The molecule has 2 saturated heterocycles. The number of hydrogen-bond donors (Lipinski definition) is 2. The molecule has 4 amide bonds. The summed E-state index contributed by atoms with van der Waals surface area (Å²) < 4.78 is 5.14. The van der Waals surface area contributed by atoms with Crippen LogP contribution in [0.1, 0.15) is 18.9 Å². The Morgan fingerprint density at radius 3 is 2.55 bits per heavy atom. The van der Waals surface area contributed by atoms with Gasteiger partial charge in [0.25, 0.3) is 5.91 Å². The Morgan fingerprint density at radius 1 is 1.28 bits per heavy atom. The van der Waals surface area contributed by atoms with Gasteiger partial charge in [0.15, 0.2) is 0 Å². The second kappa shape index (κ2) is 8.59. The molecular formula is C20H27ClN4O4. The van der Waals surface area contributed by atoms with Crippen LogP contribution in [0.25, 0.3) is 0 Å². The van der Waals surface area contributed by atoms with Crippen LogP contribution in [0.5, 0.6) is 0 Å². The van der Waals surface area contributed by atoms with Crippen molar-refractivity contribution in [3.8, 4) is 0 Å². The van der Waals surface area contributed by atoms with Gasteiger partial charge < -0.3 is 19.9 Å². The van der Waals surface area contributed by atoms with E-state index in [0.29, 0.717) is 26.2 Å². The molecule has 0 bridgehead atoms. The zero-order valence-corrected chi connectivity index (χ0v) is 17.7. The Hall–Kier alpha value is -2.32. The maximum atomic E-state index is 13.0. The number of carbonyl (C=O) groups excluding carboxylic acids is 3. The lowest BCUT2D eigenvalue weighted by molar-refractivity contribution is -0.137. The van der Waals surface area contributed by atoms with Crippen molar-refractivity contribution in [3.05, 3.63) is 28.8 Å². The summed E-state index contributed by atoms with van der Waals surface area (Å²) in [7, 11) is 1.46. The number of piperazine rings is 1. The van der Waals surface area contributed by atoms with Gasteiger partial charge in [0.05, 0.1) is 6.61 Å². The van der Waals surface area contributed by atoms with Crippen LogP contribution >= 0.6 is 11.6 Å². The van der Waals surface area contributed by atoms with Crippen LogP contribution in [0.2, 0.25) is 5.02 Å². The summed E-state index contributed by atoms with van der Waals surface area (Å²) in [6.45, 7) is 6.39. The fourth-order valence-electron chi connectivity index (χ4n) is 4.11. The molecule has 0 aliphatic carbocycles. The normalized spacial score (nSPS) is 23.0. The van der Waals surface area contributed by atoms with Crippen molar-refractivity contribution in [2.45, 2.75) is 25.8 Å². The Balaban J connectivity index is 1.62. The molecule has 2 atom stereocenters. The van der Waals surface area contributed by atoms with Crippen molar-refractivity contribution in [1.82, 2.24) is 15.5 Å². The second-order valence-corrected chi connectivity index (χ2v) is 8.13. The summed E-state index contributed by atoms with van der Waals surface area (Å²) in [4.78, 5) is 40.9.